The minimum atomic E-state index is 1.11. The van der Waals surface area contributed by atoms with Gasteiger partial charge in [-0.2, -0.15) is 0 Å². The molecule has 0 saturated carbocycles. The summed E-state index contributed by atoms with van der Waals surface area (Å²) in [6.45, 7) is 10.6. The molecule has 1 aromatic carbocycles. The van der Waals surface area contributed by atoms with Crippen molar-refractivity contribution in [1.82, 2.24) is 0 Å². The molecule has 0 heteroatoms. The molecular weight excluding hydrogens is 168 g/mol. The van der Waals surface area contributed by atoms with Gasteiger partial charge < -0.3 is 0 Å². The number of rotatable bonds is 4. The maximum Gasteiger partial charge on any atom is -0.0228 e. The van der Waals surface area contributed by atoms with E-state index in [1.165, 1.54) is 22.3 Å². The van der Waals surface area contributed by atoms with E-state index in [4.69, 9.17) is 0 Å². The Morgan fingerprint density at radius 3 is 2.07 bits per heavy atom. The predicted molar refractivity (Wildman–Crippen MR) is 64.7 cm³/mol. The first kappa shape index (κ1) is 11.0. The normalized spacial score (nSPS) is 10.2. The van der Waals surface area contributed by atoms with Gasteiger partial charge in [0.05, 0.1) is 0 Å². The van der Waals surface area contributed by atoms with Crippen LogP contribution in [0.1, 0.15) is 43.0 Å². The first-order valence-corrected chi connectivity index (χ1v) is 5.54. The zero-order valence-electron chi connectivity index (χ0n) is 9.56. The summed E-state index contributed by atoms with van der Waals surface area (Å²) in [5, 5.41) is 0. The van der Waals surface area contributed by atoms with Crippen LogP contribution in [0.2, 0.25) is 0 Å². The molecule has 0 aliphatic heterocycles. The quantitative estimate of drug-likeness (QED) is 0.669. The van der Waals surface area contributed by atoms with Crippen molar-refractivity contribution in [3.8, 4) is 0 Å². The second-order valence-corrected chi connectivity index (χ2v) is 3.54. The summed E-state index contributed by atoms with van der Waals surface area (Å²) in [6, 6.07) is 4.44. The van der Waals surface area contributed by atoms with Crippen LogP contribution in [0.25, 0.3) is 6.08 Å². The summed E-state index contributed by atoms with van der Waals surface area (Å²) in [5.41, 5.74) is 5.82. The fourth-order valence-corrected chi connectivity index (χ4v) is 2.14. The first-order valence-electron chi connectivity index (χ1n) is 5.54. The third-order valence-electron chi connectivity index (χ3n) is 2.87. The van der Waals surface area contributed by atoms with Crippen LogP contribution >= 0.6 is 0 Å². The first-order chi connectivity index (χ1) is 6.78. The lowest BCUT2D eigenvalue weighted by Gasteiger charge is -2.14. The summed E-state index contributed by atoms with van der Waals surface area (Å²) in [6.07, 6.45) is 5.34. The van der Waals surface area contributed by atoms with Crippen LogP contribution in [-0.2, 0) is 19.3 Å². The molecular formula is C14H20. The third-order valence-corrected chi connectivity index (χ3v) is 2.87. The molecule has 0 heterocycles. The van der Waals surface area contributed by atoms with Gasteiger partial charge in [0.1, 0.15) is 0 Å². The molecule has 0 aromatic heterocycles. The Morgan fingerprint density at radius 2 is 1.64 bits per heavy atom. The number of hydrogen-bond acceptors (Lipinski definition) is 0. The molecule has 0 radical (unpaired) electrons. The van der Waals surface area contributed by atoms with Gasteiger partial charge in [0, 0.05) is 0 Å². The molecule has 0 atom stereocenters. The second-order valence-electron chi connectivity index (χ2n) is 3.54. The highest BCUT2D eigenvalue weighted by atomic mass is 14.1. The summed E-state index contributed by atoms with van der Waals surface area (Å²) < 4.78 is 0. The molecule has 0 bridgehead atoms. The van der Waals surface area contributed by atoms with Gasteiger partial charge in [-0.3, -0.25) is 0 Å². The van der Waals surface area contributed by atoms with Crippen molar-refractivity contribution in [2.75, 3.05) is 0 Å². The van der Waals surface area contributed by atoms with E-state index in [1.54, 1.807) is 0 Å². The zero-order chi connectivity index (χ0) is 10.6. The zero-order valence-corrected chi connectivity index (χ0v) is 9.56. The van der Waals surface area contributed by atoms with Gasteiger partial charge in [-0.1, -0.05) is 45.6 Å². The molecule has 0 unspecified atom stereocenters. The van der Waals surface area contributed by atoms with Crippen LogP contribution in [0.5, 0.6) is 0 Å². The highest BCUT2D eigenvalue weighted by Gasteiger charge is 2.07. The van der Waals surface area contributed by atoms with Crippen molar-refractivity contribution < 1.29 is 0 Å². The number of aryl methyl sites for hydroxylation is 1. The van der Waals surface area contributed by atoms with E-state index in [9.17, 15) is 0 Å². The smallest absolute Gasteiger partial charge is 0.0228 e. The molecule has 1 rings (SSSR count). The van der Waals surface area contributed by atoms with E-state index in [-0.39, 0.29) is 0 Å². The van der Waals surface area contributed by atoms with Gasteiger partial charge in [0.2, 0.25) is 0 Å². The van der Waals surface area contributed by atoms with Crippen molar-refractivity contribution in [2.45, 2.75) is 40.0 Å². The summed E-state index contributed by atoms with van der Waals surface area (Å²) in [4.78, 5) is 0. The van der Waals surface area contributed by atoms with Crippen molar-refractivity contribution in [3.63, 3.8) is 0 Å². The van der Waals surface area contributed by atoms with Gasteiger partial charge in [-0.15, -0.1) is 0 Å². The minimum absolute atomic E-state index is 1.11. The summed E-state index contributed by atoms with van der Waals surface area (Å²) in [5.74, 6) is 0. The molecule has 0 aliphatic carbocycles. The Bertz CT molecular complexity index is 321. The number of hydrogen-bond donors (Lipinski definition) is 0. The summed E-state index contributed by atoms with van der Waals surface area (Å²) >= 11 is 0. The topological polar surface area (TPSA) is 0 Å². The monoisotopic (exact) mass is 188 g/mol. The van der Waals surface area contributed by atoms with Crippen LogP contribution in [0, 0.1) is 0 Å². The molecule has 76 valence electrons. The van der Waals surface area contributed by atoms with Gasteiger partial charge in [0.15, 0.2) is 0 Å². The molecule has 0 fully saturated rings. The molecule has 0 saturated heterocycles. The standard InChI is InChI=1S/C14H20/c1-5-11-9-10-12(6-2)14(8-4)13(11)7-3/h5,9-10H,1,6-8H2,2-4H3. The van der Waals surface area contributed by atoms with Gasteiger partial charge in [-0.05, 0) is 41.5 Å². The van der Waals surface area contributed by atoms with Crippen LogP contribution in [0.15, 0.2) is 18.7 Å². The lowest BCUT2D eigenvalue weighted by atomic mass is 9.91. The molecule has 0 aliphatic rings. The van der Waals surface area contributed by atoms with Crippen molar-refractivity contribution in [1.29, 1.82) is 0 Å². The maximum atomic E-state index is 3.87. The average molecular weight is 188 g/mol. The number of benzene rings is 1. The minimum Gasteiger partial charge on any atom is -0.0985 e. The van der Waals surface area contributed by atoms with Gasteiger partial charge in [0.25, 0.3) is 0 Å². The molecule has 0 amide bonds. The molecule has 0 N–H and O–H groups in total. The van der Waals surface area contributed by atoms with E-state index >= 15 is 0 Å². The molecule has 0 spiro atoms. The molecule has 0 nitrogen and oxygen atoms in total. The Labute approximate surface area is 87.7 Å². The van der Waals surface area contributed by atoms with E-state index < -0.39 is 0 Å². The third kappa shape index (κ3) is 1.89. The summed E-state index contributed by atoms with van der Waals surface area (Å²) in [7, 11) is 0. The Balaban J connectivity index is 3.35. The van der Waals surface area contributed by atoms with Crippen molar-refractivity contribution in [3.05, 3.63) is 41.0 Å². The van der Waals surface area contributed by atoms with Crippen molar-refractivity contribution >= 4 is 6.08 Å². The SMILES string of the molecule is C=Cc1ccc(CC)c(CC)c1CC. The molecule has 1 aromatic rings. The Kier molecular flexibility index (Phi) is 3.94. The fraction of sp³-hybridized carbons (Fsp3) is 0.429. The largest absolute Gasteiger partial charge is 0.0985 e. The van der Waals surface area contributed by atoms with E-state index in [2.05, 4.69) is 39.5 Å². The Hall–Kier alpha value is -1.04. The van der Waals surface area contributed by atoms with E-state index in [0.717, 1.165) is 19.3 Å². The van der Waals surface area contributed by atoms with Gasteiger partial charge in [-0.25, -0.2) is 0 Å². The lowest BCUT2D eigenvalue weighted by Crippen LogP contribution is -2.00. The fourth-order valence-electron chi connectivity index (χ4n) is 2.14. The average Bonchev–Trinajstić information content (AvgIpc) is 2.26. The van der Waals surface area contributed by atoms with E-state index in [0.29, 0.717) is 0 Å². The van der Waals surface area contributed by atoms with Crippen LogP contribution in [-0.4, -0.2) is 0 Å². The van der Waals surface area contributed by atoms with Gasteiger partial charge >= 0.3 is 0 Å². The van der Waals surface area contributed by atoms with Crippen LogP contribution < -0.4 is 0 Å². The van der Waals surface area contributed by atoms with Crippen LogP contribution in [0.3, 0.4) is 0 Å². The lowest BCUT2D eigenvalue weighted by molar-refractivity contribution is 0.978. The van der Waals surface area contributed by atoms with E-state index in [1.807, 2.05) is 6.08 Å². The highest BCUT2D eigenvalue weighted by Crippen LogP contribution is 2.22. The maximum absolute atomic E-state index is 3.87. The second kappa shape index (κ2) is 4.99. The van der Waals surface area contributed by atoms with Crippen molar-refractivity contribution in [2.24, 2.45) is 0 Å². The molecule has 14 heavy (non-hydrogen) atoms. The van der Waals surface area contributed by atoms with Crippen LogP contribution in [0.4, 0.5) is 0 Å². The predicted octanol–water partition coefficient (Wildman–Crippen LogP) is 4.02. The Morgan fingerprint density at radius 1 is 1.00 bits per heavy atom. The highest BCUT2D eigenvalue weighted by molar-refractivity contribution is 5.56.